The number of nitrogens with two attached hydrogens (primary N) is 1. The Balaban J connectivity index is 2.07. The third-order valence-electron chi connectivity index (χ3n) is 3.56. The monoisotopic (exact) mass is 281 g/mol. The summed E-state index contributed by atoms with van der Waals surface area (Å²) >= 11 is 0. The van der Waals surface area contributed by atoms with Crippen LogP contribution in [-0.4, -0.2) is 9.78 Å². The molecule has 0 aliphatic carbocycles. The first kappa shape index (κ1) is 13.5. The van der Waals surface area contributed by atoms with Crippen LogP contribution < -0.4 is 10.5 Å². The predicted octanol–water partition coefficient (Wildman–Crippen LogP) is 4.07. The summed E-state index contributed by atoms with van der Waals surface area (Å²) in [4.78, 5) is 0. The van der Waals surface area contributed by atoms with Gasteiger partial charge in [0.15, 0.2) is 0 Å². The summed E-state index contributed by atoms with van der Waals surface area (Å²) in [6, 6.07) is 14.1. The van der Waals surface area contributed by atoms with E-state index >= 15 is 0 Å². The predicted molar refractivity (Wildman–Crippen MR) is 85.7 cm³/mol. The molecule has 0 radical (unpaired) electrons. The van der Waals surface area contributed by atoms with Crippen LogP contribution in [0.3, 0.4) is 0 Å². The first-order chi connectivity index (χ1) is 10.1. The van der Waals surface area contributed by atoms with Crippen LogP contribution in [0.25, 0.3) is 10.8 Å². The third-order valence-corrected chi connectivity index (χ3v) is 3.56. The average molecular weight is 281 g/mol. The summed E-state index contributed by atoms with van der Waals surface area (Å²) in [6.45, 7) is 4.14. The van der Waals surface area contributed by atoms with E-state index in [1.807, 2.05) is 37.4 Å². The van der Waals surface area contributed by atoms with Crippen molar-refractivity contribution in [3.63, 3.8) is 0 Å². The molecule has 0 saturated carbocycles. The fourth-order valence-electron chi connectivity index (χ4n) is 2.48. The van der Waals surface area contributed by atoms with E-state index in [0.717, 1.165) is 22.2 Å². The van der Waals surface area contributed by atoms with Gasteiger partial charge in [0.2, 0.25) is 5.88 Å². The van der Waals surface area contributed by atoms with E-state index in [0.29, 0.717) is 11.6 Å². The fraction of sp³-hybridized carbons (Fsp3) is 0.235. The quantitative estimate of drug-likeness (QED) is 0.787. The van der Waals surface area contributed by atoms with Crippen LogP contribution in [0, 0.1) is 0 Å². The Morgan fingerprint density at radius 2 is 1.81 bits per heavy atom. The summed E-state index contributed by atoms with van der Waals surface area (Å²) in [5.41, 5.74) is 7.67. The summed E-state index contributed by atoms with van der Waals surface area (Å²) in [5, 5.41) is 6.65. The van der Waals surface area contributed by atoms with Crippen LogP contribution in [0.2, 0.25) is 0 Å². The first-order valence-electron chi connectivity index (χ1n) is 7.06. The first-order valence-corrected chi connectivity index (χ1v) is 7.06. The minimum atomic E-state index is 0.265. The molecule has 0 aliphatic heterocycles. The molecule has 0 saturated heterocycles. The van der Waals surface area contributed by atoms with Gasteiger partial charge in [0.1, 0.15) is 11.4 Å². The lowest BCUT2D eigenvalue weighted by Gasteiger charge is -2.09. The molecule has 0 unspecified atom stereocenters. The van der Waals surface area contributed by atoms with Crippen molar-refractivity contribution in [2.75, 3.05) is 5.73 Å². The zero-order valence-electron chi connectivity index (χ0n) is 12.5. The zero-order valence-corrected chi connectivity index (χ0v) is 12.5. The lowest BCUT2D eigenvalue weighted by molar-refractivity contribution is 0.436. The molecule has 0 fully saturated rings. The molecule has 2 aromatic carbocycles. The standard InChI is InChI=1S/C17H19N3O/c1-11(2)16-15(18)17(20(3)19-16)21-14-10-6-8-12-7-4-5-9-13(12)14/h4-11H,18H2,1-3H3. The fourth-order valence-corrected chi connectivity index (χ4v) is 2.48. The van der Waals surface area contributed by atoms with E-state index in [9.17, 15) is 0 Å². The lowest BCUT2D eigenvalue weighted by Crippen LogP contribution is -1.97. The smallest absolute Gasteiger partial charge is 0.241 e. The summed E-state index contributed by atoms with van der Waals surface area (Å²) in [6.07, 6.45) is 0. The number of ether oxygens (including phenoxy) is 1. The van der Waals surface area contributed by atoms with Crippen molar-refractivity contribution in [1.82, 2.24) is 9.78 Å². The number of fused-ring (bicyclic) bond motifs is 1. The number of hydrogen-bond donors (Lipinski definition) is 1. The van der Waals surface area contributed by atoms with Gasteiger partial charge in [-0.2, -0.15) is 5.10 Å². The number of nitrogen functional groups attached to an aromatic ring is 1. The normalized spacial score (nSPS) is 11.2. The summed E-state index contributed by atoms with van der Waals surface area (Å²) < 4.78 is 7.76. The second-order valence-corrected chi connectivity index (χ2v) is 5.46. The van der Waals surface area contributed by atoms with Gasteiger partial charge in [0.05, 0.1) is 5.69 Å². The maximum atomic E-state index is 6.19. The topological polar surface area (TPSA) is 53.1 Å². The van der Waals surface area contributed by atoms with Crippen molar-refractivity contribution in [3.8, 4) is 11.6 Å². The van der Waals surface area contributed by atoms with Crippen molar-refractivity contribution in [1.29, 1.82) is 0 Å². The van der Waals surface area contributed by atoms with Crippen LogP contribution >= 0.6 is 0 Å². The van der Waals surface area contributed by atoms with E-state index in [4.69, 9.17) is 10.5 Å². The highest BCUT2D eigenvalue weighted by Crippen LogP contribution is 2.35. The Morgan fingerprint density at radius 1 is 1.10 bits per heavy atom. The van der Waals surface area contributed by atoms with Crippen molar-refractivity contribution >= 4 is 16.5 Å². The molecule has 0 aliphatic rings. The molecule has 1 heterocycles. The number of hydrogen-bond acceptors (Lipinski definition) is 3. The molecule has 3 rings (SSSR count). The molecule has 3 aromatic rings. The Kier molecular flexibility index (Phi) is 3.29. The van der Waals surface area contributed by atoms with Crippen molar-refractivity contribution in [3.05, 3.63) is 48.2 Å². The molecule has 108 valence electrons. The van der Waals surface area contributed by atoms with Gasteiger partial charge in [-0.25, -0.2) is 4.68 Å². The minimum Gasteiger partial charge on any atom is -0.437 e. The summed E-state index contributed by atoms with van der Waals surface area (Å²) in [7, 11) is 1.85. The van der Waals surface area contributed by atoms with E-state index in [1.165, 1.54) is 0 Å². The maximum Gasteiger partial charge on any atom is 0.241 e. The number of aromatic nitrogens is 2. The van der Waals surface area contributed by atoms with Crippen LogP contribution in [0.1, 0.15) is 25.5 Å². The minimum absolute atomic E-state index is 0.265. The van der Waals surface area contributed by atoms with Crippen LogP contribution in [-0.2, 0) is 7.05 Å². The largest absolute Gasteiger partial charge is 0.437 e. The molecule has 0 spiro atoms. The molecule has 0 amide bonds. The molecule has 4 nitrogen and oxygen atoms in total. The van der Waals surface area contributed by atoms with Gasteiger partial charge < -0.3 is 10.5 Å². The van der Waals surface area contributed by atoms with E-state index in [2.05, 4.69) is 31.1 Å². The van der Waals surface area contributed by atoms with E-state index in [-0.39, 0.29) is 5.92 Å². The number of rotatable bonds is 3. The molecule has 4 heteroatoms. The average Bonchev–Trinajstić information content (AvgIpc) is 2.76. The Morgan fingerprint density at radius 3 is 2.52 bits per heavy atom. The van der Waals surface area contributed by atoms with Gasteiger partial charge in [-0.15, -0.1) is 0 Å². The number of anilines is 1. The van der Waals surface area contributed by atoms with Crippen LogP contribution in [0.5, 0.6) is 11.6 Å². The third kappa shape index (κ3) is 2.33. The highest BCUT2D eigenvalue weighted by atomic mass is 16.5. The maximum absolute atomic E-state index is 6.19. The second-order valence-electron chi connectivity index (χ2n) is 5.46. The Bertz CT molecular complexity index is 785. The molecular weight excluding hydrogens is 262 g/mol. The number of benzene rings is 2. The number of nitrogens with zero attached hydrogens (tertiary/aromatic N) is 2. The lowest BCUT2D eigenvalue weighted by atomic mass is 10.1. The Hall–Kier alpha value is -2.49. The van der Waals surface area contributed by atoms with E-state index < -0.39 is 0 Å². The van der Waals surface area contributed by atoms with Gasteiger partial charge in [-0.1, -0.05) is 50.2 Å². The number of aryl methyl sites for hydroxylation is 1. The molecule has 2 N–H and O–H groups in total. The zero-order chi connectivity index (χ0) is 15.0. The molecular formula is C17H19N3O. The molecule has 21 heavy (non-hydrogen) atoms. The van der Waals surface area contributed by atoms with Crippen LogP contribution in [0.4, 0.5) is 5.69 Å². The van der Waals surface area contributed by atoms with Crippen LogP contribution in [0.15, 0.2) is 42.5 Å². The SMILES string of the molecule is CC(C)c1nn(C)c(Oc2cccc3ccccc23)c1N. The van der Waals surface area contributed by atoms with Gasteiger partial charge >= 0.3 is 0 Å². The van der Waals surface area contributed by atoms with E-state index in [1.54, 1.807) is 4.68 Å². The molecule has 0 bridgehead atoms. The second kappa shape index (κ2) is 5.13. The van der Waals surface area contributed by atoms with Gasteiger partial charge in [-0.05, 0) is 17.4 Å². The van der Waals surface area contributed by atoms with Crippen molar-refractivity contribution in [2.45, 2.75) is 19.8 Å². The van der Waals surface area contributed by atoms with Gasteiger partial charge in [0.25, 0.3) is 0 Å². The van der Waals surface area contributed by atoms with Gasteiger partial charge in [-0.3, -0.25) is 0 Å². The van der Waals surface area contributed by atoms with Gasteiger partial charge in [0, 0.05) is 12.4 Å². The highest BCUT2D eigenvalue weighted by molar-refractivity contribution is 5.88. The summed E-state index contributed by atoms with van der Waals surface area (Å²) in [5.74, 6) is 1.65. The molecule has 1 aromatic heterocycles. The molecule has 0 atom stereocenters. The van der Waals surface area contributed by atoms with Crippen molar-refractivity contribution in [2.24, 2.45) is 7.05 Å². The highest BCUT2D eigenvalue weighted by Gasteiger charge is 2.18. The van der Waals surface area contributed by atoms with Crippen molar-refractivity contribution < 1.29 is 4.74 Å². The Labute approximate surface area is 124 Å².